The van der Waals surface area contributed by atoms with Gasteiger partial charge in [0.05, 0.1) is 6.61 Å². The fourth-order valence-electron chi connectivity index (χ4n) is 3.11. The predicted molar refractivity (Wildman–Crippen MR) is 87.4 cm³/mol. The van der Waals surface area contributed by atoms with Crippen LogP contribution in [0.4, 0.5) is 4.79 Å². The van der Waals surface area contributed by atoms with E-state index in [1.165, 1.54) is 29.2 Å². The van der Waals surface area contributed by atoms with Gasteiger partial charge < -0.3 is 14.2 Å². The molecule has 1 unspecified atom stereocenters. The Hall–Kier alpha value is -2.82. The summed E-state index contributed by atoms with van der Waals surface area (Å²) in [6, 6.07) is 16.5. The molecule has 0 amide bonds. The molecule has 3 rings (SSSR count). The monoisotopic (exact) mass is 326 g/mol. The van der Waals surface area contributed by atoms with Crippen molar-refractivity contribution in [1.82, 2.24) is 0 Å². The first-order valence-electron chi connectivity index (χ1n) is 7.81. The third-order valence-corrected chi connectivity index (χ3v) is 4.10. The van der Waals surface area contributed by atoms with Crippen molar-refractivity contribution in [2.75, 3.05) is 6.61 Å². The molecule has 0 N–H and O–H groups in total. The molecule has 0 bridgehead atoms. The molecule has 124 valence electrons. The molecule has 0 saturated heterocycles. The molecule has 5 heteroatoms. The summed E-state index contributed by atoms with van der Waals surface area (Å²) in [6.07, 6.45) is -1.14. The van der Waals surface area contributed by atoms with Gasteiger partial charge in [0, 0.05) is 12.8 Å². The summed E-state index contributed by atoms with van der Waals surface area (Å²) in [7, 11) is 0. The Morgan fingerprint density at radius 3 is 2.25 bits per heavy atom. The lowest BCUT2D eigenvalue weighted by Gasteiger charge is -2.15. The SMILES string of the molecule is CC(OC=O)OC(=O)OCCC1c2ccccc2-c2ccccc21. The summed E-state index contributed by atoms with van der Waals surface area (Å²) < 4.78 is 14.4. The molecule has 1 aliphatic carbocycles. The topological polar surface area (TPSA) is 61.8 Å². The van der Waals surface area contributed by atoms with Crippen LogP contribution >= 0.6 is 0 Å². The van der Waals surface area contributed by atoms with Gasteiger partial charge in [0.15, 0.2) is 0 Å². The third kappa shape index (κ3) is 3.25. The van der Waals surface area contributed by atoms with Crippen LogP contribution < -0.4 is 0 Å². The highest BCUT2D eigenvalue weighted by molar-refractivity contribution is 5.78. The van der Waals surface area contributed by atoms with Crippen molar-refractivity contribution >= 4 is 12.6 Å². The molecule has 0 aliphatic heterocycles. The maximum atomic E-state index is 11.6. The highest BCUT2D eigenvalue weighted by Gasteiger charge is 2.28. The minimum atomic E-state index is -0.956. The van der Waals surface area contributed by atoms with Gasteiger partial charge in [-0.05, 0) is 28.7 Å². The van der Waals surface area contributed by atoms with Crippen molar-refractivity contribution in [1.29, 1.82) is 0 Å². The number of hydrogen-bond donors (Lipinski definition) is 0. The van der Waals surface area contributed by atoms with Crippen LogP contribution in [0.5, 0.6) is 0 Å². The van der Waals surface area contributed by atoms with Crippen LogP contribution in [0.25, 0.3) is 11.1 Å². The molecule has 0 saturated carbocycles. The summed E-state index contributed by atoms with van der Waals surface area (Å²) in [5, 5.41) is 0. The second kappa shape index (κ2) is 7.17. The van der Waals surface area contributed by atoms with Crippen LogP contribution in [-0.4, -0.2) is 25.5 Å². The van der Waals surface area contributed by atoms with Crippen LogP contribution in [-0.2, 0) is 19.0 Å². The lowest BCUT2D eigenvalue weighted by Crippen LogP contribution is -2.19. The Kier molecular flexibility index (Phi) is 4.79. The maximum Gasteiger partial charge on any atom is 0.511 e. The smallest absolute Gasteiger partial charge is 0.434 e. The summed E-state index contributed by atoms with van der Waals surface area (Å²) in [4.78, 5) is 21.7. The van der Waals surface area contributed by atoms with Gasteiger partial charge in [-0.1, -0.05) is 48.5 Å². The molecule has 0 spiro atoms. The lowest BCUT2D eigenvalue weighted by molar-refractivity contribution is -0.152. The summed E-state index contributed by atoms with van der Waals surface area (Å²) in [5.41, 5.74) is 4.95. The molecule has 2 aromatic rings. The zero-order chi connectivity index (χ0) is 16.9. The number of rotatable bonds is 6. The van der Waals surface area contributed by atoms with Crippen molar-refractivity contribution in [3.63, 3.8) is 0 Å². The number of fused-ring (bicyclic) bond motifs is 3. The fraction of sp³-hybridized carbons (Fsp3) is 0.263. The zero-order valence-corrected chi connectivity index (χ0v) is 13.3. The largest absolute Gasteiger partial charge is 0.511 e. The highest BCUT2D eigenvalue weighted by Crippen LogP contribution is 2.45. The molecule has 0 aromatic heterocycles. The number of benzene rings is 2. The molecule has 2 aromatic carbocycles. The Morgan fingerprint density at radius 1 is 1.08 bits per heavy atom. The molecule has 24 heavy (non-hydrogen) atoms. The normalized spacial score (nSPS) is 13.5. The molecule has 1 atom stereocenters. The van der Waals surface area contributed by atoms with Crippen LogP contribution in [0.2, 0.25) is 0 Å². The van der Waals surface area contributed by atoms with E-state index in [9.17, 15) is 9.59 Å². The Balaban J connectivity index is 1.64. The van der Waals surface area contributed by atoms with Gasteiger partial charge in [0.2, 0.25) is 6.29 Å². The van der Waals surface area contributed by atoms with E-state index in [4.69, 9.17) is 9.47 Å². The fourth-order valence-corrected chi connectivity index (χ4v) is 3.11. The van der Waals surface area contributed by atoms with Crippen molar-refractivity contribution in [3.05, 3.63) is 59.7 Å². The van der Waals surface area contributed by atoms with Gasteiger partial charge in [0.25, 0.3) is 6.47 Å². The number of ether oxygens (including phenoxy) is 3. The Bertz CT molecular complexity index is 695. The molecule has 0 heterocycles. The van der Waals surface area contributed by atoms with Gasteiger partial charge in [-0.2, -0.15) is 0 Å². The van der Waals surface area contributed by atoms with Gasteiger partial charge >= 0.3 is 6.16 Å². The van der Waals surface area contributed by atoms with Crippen LogP contribution in [0, 0.1) is 0 Å². The Labute approximate surface area is 140 Å². The van der Waals surface area contributed by atoms with Crippen LogP contribution in [0.15, 0.2) is 48.5 Å². The van der Waals surface area contributed by atoms with E-state index in [0.717, 1.165) is 0 Å². The summed E-state index contributed by atoms with van der Waals surface area (Å²) >= 11 is 0. The van der Waals surface area contributed by atoms with Gasteiger partial charge in [-0.3, -0.25) is 4.79 Å². The number of carbonyl (C=O) groups excluding carboxylic acids is 2. The summed E-state index contributed by atoms with van der Waals surface area (Å²) in [6.45, 7) is 1.89. The zero-order valence-electron chi connectivity index (χ0n) is 13.3. The second-order valence-electron chi connectivity index (χ2n) is 5.53. The standard InChI is InChI=1S/C19H18O5/c1-13(23-12-20)24-19(21)22-11-10-18-16-8-4-2-6-14(16)15-7-3-5-9-17(15)18/h2-9,12-13,18H,10-11H2,1H3. The maximum absolute atomic E-state index is 11.6. The first-order chi connectivity index (χ1) is 11.7. The quantitative estimate of drug-likeness (QED) is 0.458. The van der Waals surface area contributed by atoms with Gasteiger partial charge in [-0.25, -0.2) is 4.79 Å². The van der Waals surface area contributed by atoms with Gasteiger partial charge in [-0.15, -0.1) is 0 Å². The minimum Gasteiger partial charge on any atom is -0.434 e. The van der Waals surface area contributed by atoms with E-state index in [1.54, 1.807) is 0 Å². The van der Waals surface area contributed by atoms with Crippen LogP contribution in [0.1, 0.15) is 30.4 Å². The minimum absolute atomic E-state index is 0.189. The van der Waals surface area contributed by atoms with Gasteiger partial charge in [0.1, 0.15) is 0 Å². The second-order valence-corrected chi connectivity index (χ2v) is 5.53. The Morgan fingerprint density at radius 2 is 1.67 bits per heavy atom. The van der Waals surface area contributed by atoms with Crippen molar-refractivity contribution in [2.45, 2.75) is 25.6 Å². The van der Waals surface area contributed by atoms with Crippen molar-refractivity contribution < 1.29 is 23.8 Å². The van der Waals surface area contributed by atoms with E-state index in [-0.39, 0.29) is 19.0 Å². The summed E-state index contributed by atoms with van der Waals surface area (Å²) in [5.74, 6) is 0.189. The van der Waals surface area contributed by atoms with Crippen molar-refractivity contribution in [2.24, 2.45) is 0 Å². The first-order valence-corrected chi connectivity index (χ1v) is 7.81. The molecular formula is C19H18O5. The number of carbonyl (C=O) groups is 2. The van der Waals surface area contributed by atoms with Crippen LogP contribution in [0.3, 0.4) is 0 Å². The first kappa shape index (κ1) is 16.1. The average molecular weight is 326 g/mol. The van der Waals surface area contributed by atoms with E-state index in [0.29, 0.717) is 6.42 Å². The van der Waals surface area contributed by atoms with Crippen molar-refractivity contribution in [3.8, 4) is 11.1 Å². The molecular weight excluding hydrogens is 308 g/mol. The molecule has 1 aliphatic rings. The average Bonchev–Trinajstić information content (AvgIpc) is 2.90. The lowest BCUT2D eigenvalue weighted by atomic mass is 9.94. The molecule has 0 radical (unpaired) electrons. The third-order valence-electron chi connectivity index (χ3n) is 4.10. The number of hydrogen-bond acceptors (Lipinski definition) is 5. The van der Waals surface area contributed by atoms with E-state index in [1.807, 2.05) is 24.3 Å². The predicted octanol–water partition coefficient (Wildman–Crippen LogP) is 3.86. The van der Waals surface area contributed by atoms with E-state index >= 15 is 0 Å². The van der Waals surface area contributed by atoms with E-state index in [2.05, 4.69) is 29.0 Å². The highest BCUT2D eigenvalue weighted by atomic mass is 16.8. The molecule has 5 nitrogen and oxygen atoms in total. The van der Waals surface area contributed by atoms with E-state index < -0.39 is 12.4 Å². The molecule has 0 fully saturated rings.